The van der Waals surface area contributed by atoms with Gasteiger partial charge in [0.2, 0.25) is 17.7 Å². The second-order valence-electron chi connectivity index (χ2n) is 17.5. The maximum atomic E-state index is 12.7. The van der Waals surface area contributed by atoms with Crippen LogP contribution in [0.3, 0.4) is 0 Å². The Morgan fingerprint density at radius 1 is 0.721 bits per heavy atom. The third-order valence-electron chi connectivity index (χ3n) is 10.2. The third-order valence-corrected chi connectivity index (χ3v) is 11.1. The molecule has 0 aliphatic carbocycles. The molecule has 4 aliphatic heterocycles. The zero-order valence-electron chi connectivity index (χ0n) is 40.0. The normalized spacial score (nSPS) is 18.4. The molecule has 6 amide bonds. The number of nitrogens with one attached hydrogen (secondary N) is 3. The van der Waals surface area contributed by atoms with Gasteiger partial charge in [-0.1, -0.05) is 15.9 Å². The Morgan fingerprint density at radius 3 is 1.60 bits per heavy atom. The van der Waals surface area contributed by atoms with Crippen LogP contribution in [0, 0.1) is 18.8 Å². The Kier molecular flexibility index (Phi) is 20.4. The van der Waals surface area contributed by atoms with Crippen LogP contribution in [0.15, 0.2) is 46.2 Å². The van der Waals surface area contributed by atoms with Crippen molar-refractivity contribution in [1.82, 2.24) is 49.2 Å². The molecule has 23 nitrogen and oxygen atoms in total. The fourth-order valence-corrected chi connectivity index (χ4v) is 7.34. The van der Waals surface area contributed by atoms with Crippen LogP contribution in [0.25, 0.3) is 11.3 Å². The van der Waals surface area contributed by atoms with Crippen LogP contribution in [-0.2, 0) is 28.7 Å². The van der Waals surface area contributed by atoms with Crippen LogP contribution >= 0.6 is 15.9 Å². The molecule has 4 saturated heterocycles. The summed E-state index contributed by atoms with van der Waals surface area (Å²) in [5.74, 6) is -1.24. The van der Waals surface area contributed by atoms with E-state index in [1.807, 2.05) is 59.7 Å². The van der Waals surface area contributed by atoms with Gasteiger partial charge in [-0.15, -0.1) is 5.10 Å². The number of amides is 6. The first-order valence-electron chi connectivity index (χ1n) is 21.3. The van der Waals surface area contributed by atoms with Gasteiger partial charge in [0.25, 0.3) is 5.91 Å². The standard InChI is InChI=1S/C20H26N6O5.C15H21N5O3.C5H6BrNO2.C2H3N.CH3.Na/c1-20(2,3)31-19(30)24-10-8-23(9-11-24)13-6-7-25-15(12-13)22-26(18(25)29)14-4-5-16(27)21-17(14)28;1-15(2,3)23-14(22)19-8-6-18(7-9-19)11-4-5-20-12(10-11)16-17-13(20)21;6-3-1-2-4(8)7-5(3)9;1-2-3;;/h6-7,12,14H,4-5,8-11H2,1-3H3,(H,21,27,28);4-5,10H,6-9H2,1-3H3,(H,17,21);3H,1-2H2,(H,7,8,9);1H3;1H3;/q;;;;-1;+1. The van der Waals surface area contributed by atoms with Gasteiger partial charge in [0, 0.05) is 108 Å². The van der Waals surface area contributed by atoms with Gasteiger partial charge < -0.3 is 36.5 Å². The number of rotatable bonds is 3. The number of hydrogen-bond donors (Lipinski definition) is 3. The quantitative estimate of drug-likeness (QED) is 0.104. The van der Waals surface area contributed by atoms with Gasteiger partial charge in [0.15, 0.2) is 11.3 Å². The Bertz CT molecular complexity index is 2590. The maximum Gasteiger partial charge on any atom is 1.00 e. The minimum Gasteiger partial charge on any atom is -0.444 e. The summed E-state index contributed by atoms with van der Waals surface area (Å²) in [5.41, 5.74) is 1.17. The first kappa shape index (κ1) is 56.6. The number of H-pyrrole nitrogens is 1. The van der Waals surface area contributed by atoms with E-state index in [0.717, 1.165) is 16.1 Å². The molecular weight excluding hydrogens is 961 g/mol. The molecule has 8 heterocycles. The predicted octanol–water partition coefficient (Wildman–Crippen LogP) is -0.219. The summed E-state index contributed by atoms with van der Waals surface area (Å²) in [7, 11) is 0. The summed E-state index contributed by atoms with van der Waals surface area (Å²) >= 11 is 3.12. The molecule has 2 atom stereocenters. The number of imide groups is 2. The molecule has 4 aromatic rings. The van der Waals surface area contributed by atoms with E-state index in [4.69, 9.17) is 14.7 Å². The Labute approximate surface area is 423 Å². The summed E-state index contributed by atoms with van der Waals surface area (Å²) in [6.45, 7) is 17.5. The van der Waals surface area contributed by atoms with E-state index in [0.29, 0.717) is 76.5 Å². The molecule has 4 aliphatic rings. The van der Waals surface area contributed by atoms with E-state index in [1.165, 1.54) is 15.7 Å². The fraction of sp³-hybridized carbons (Fsp3) is 0.535. The number of carbonyl (C=O) groups is 6. The van der Waals surface area contributed by atoms with Crippen molar-refractivity contribution in [1.29, 1.82) is 5.26 Å². The summed E-state index contributed by atoms with van der Waals surface area (Å²) in [5, 5.41) is 22.5. The summed E-state index contributed by atoms with van der Waals surface area (Å²) in [6.07, 6.45) is 4.22. The van der Waals surface area contributed by atoms with Gasteiger partial charge in [-0.3, -0.25) is 38.6 Å². The summed E-state index contributed by atoms with van der Waals surface area (Å²) in [6, 6.07) is 8.29. The van der Waals surface area contributed by atoms with Gasteiger partial charge in [0.1, 0.15) is 17.2 Å². The monoisotopic (exact) mass is 1020 g/mol. The van der Waals surface area contributed by atoms with Crippen molar-refractivity contribution in [3.8, 4) is 6.07 Å². The van der Waals surface area contributed by atoms with Crippen LogP contribution in [0.5, 0.6) is 0 Å². The number of alkyl halides is 1. The van der Waals surface area contributed by atoms with Crippen molar-refractivity contribution >= 4 is 74.4 Å². The van der Waals surface area contributed by atoms with Crippen molar-refractivity contribution in [2.45, 2.75) is 96.2 Å². The maximum absolute atomic E-state index is 12.7. The first-order chi connectivity index (χ1) is 31.1. The zero-order valence-corrected chi connectivity index (χ0v) is 43.6. The van der Waals surface area contributed by atoms with E-state index in [-0.39, 0.29) is 90.3 Å². The average molecular weight is 1020 g/mol. The van der Waals surface area contributed by atoms with Gasteiger partial charge in [-0.2, -0.15) is 15.0 Å². The number of aromatic amines is 1. The molecule has 0 aromatic carbocycles. The molecular formula is C43H59BrN13NaO10. The number of piperidine rings is 2. The van der Waals surface area contributed by atoms with Gasteiger partial charge >= 0.3 is 53.1 Å². The van der Waals surface area contributed by atoms with Gasteiger partial charge in [-0.05, 0) is 66.5 Å². The number of carbonyl (C=O) groups excluding carboxylic acids is 6. The summed E-state index contributed by atoms with van der Waals surface area (Å²) < 4.78 is 14.8. The Hall–Kier alpha value is -5.77. The SMILES string of the molecule is CC#N.CC(C)(C)OC(=O)N1CCN(c2ccn3c(=O)[nH]nc3c2)CC1.CC(C)(C)OC(=O)N1CCN(c2ccn3c(=O)n(C4CCC(=O)NC4=O)nc3c2)CC1.O=C1CCC(Br)C(=O)N1.[CH3-].[Na+]. The Morgan fingerprint density at radius 2 is 1.16 bits per heavy atom. The van der Waals surface area contributed by atoms with Crippen LogP contribution in [0.2, 0.25) is 0 Å². The largest absolute Gasteiger partial charge is 1.00 e. The van der Waals surface area contributed by atoms with Crippen molar-refractivity contribution < 1.29 is 67.8 Å². The molecule has 0 saturated carbocycles. The Balaban J connectivity index is 0.000000290. The van der Waals surface area contributed by atoms with Crippen molar-refractivity contribution in [2.75, 3.05) is 62.2 Å². The molecule has 8 rings (SSSR count). The number of nitrogens with zero attached hydrogens (tertiary/aromatic N) is 10. The third kappa shape index (κ3) is 15.4. The van der Waals surface area contributed by atoms with Crippen LogP contribution in [-0.4, -0.2) is 143 Å². The van der Waals surface area contributed by atoms with E-state index in [2.05, 4.69) is 51.7 Å². The van der Waals surface area contributed by atoms with Crippen LogP contribution in [0.4, 0.5) is 21.0 Å². The smallest absolute Gasteiger partial charge is 0.444 e. The van der Waals surface area contributed by atoms with Gasteiger partial charge in [-0.25, -0.2) is 24.3 Å². The minimum absolute atomic E-state index is 0. The zero-order chi connectivity index (χ0) is 48.5. The number of hydrogen-bond acceptors (Lipinski definition) is 15. The topological polar surface area (TPSA) is 271 Å². The van der Waals surface area contributed by atoms with Crippen LogP contribution in [0.1, 0.15) is 80.2 Å². The van der Waals surface area contributed by atoms with Crippen molar-refractivity contribution in [2.24, 2.45) is 0 Å². The molecule has 2 unspecified atom stereocenters. The molecule has 25 heteroatoms. The average Bonchev–Trinajstić information content (AvgIpc) is 3.79. The molecule has 0 spiro atoms. The fourth-order valence-electron chi connectivity index (χ4n) is 7.00. The van der Waals surface area contributed by atoms with E-state index in [9.17, 15) is 38.4 Å². The first-order valence-corrected chi connectivity index (χ1v) is 22.2. The molecule has 0 radical (unpaired) electrons. The van der Waals surface area contributed by atoms with Gasteiger partial charge in [0.05, 0.1) is 10.9 Å². The number of ether oxygens (including phenoxy) is 2. The predicted molar refractivity (Wildman–Crippen MR) is 250 cm³/mol. The number of piperazine rings is 2. The molecule has 3 N–H and O–H groups in total. The molecule has 4 fully saturated rings. The number of pyridine rings is 2. The summed E-state index contributed by atoms with van der Waals surface area (Å²) in [4.78, 5) is 101. The van der Waals surface area contributed by atoms with Crippen molar-refractivity contribution in [3.63, 3.8) is 0 Å². The number of fused-ring (bicyclic) bond motifs is 2. The molecule has 364 valence electrons. The minimum atomic E-state index is -0.800. The molecule has 68 heavy (non-hydrogen) atoms. The van der Waals surface area contributed by atoms with E-state index < -0.39 is 28.8 Å². The van der Waals surface area contributed by atoms with E-state index in [1.54, 1.807) is 34.3 Å². The van der Waals surface area contributed by atoms with Crippen LogP contribution < -0.4 is 61.4 Å². The molecule has 4 aromatic heterocycles. The number of halogens is 1. The number of nitriles is 1. The number of anilines is 2. The van der Waals surface area contributed by atoms with E-state index >= 15 is 0 Å². The molecule has 0 bridgehead atoms. The second kappa shape index (κ2) is 24.5. The second-order valence-corrected chi connectivity index (χ2v) is 18.6. The number of aromatic nitrogens is 6. The van der Waals surface area contributed by atoms with Crippen molar-refractivity contribution in [3.05, 3.63) is 65.1 Å².